The lowest BCUT2D eigenvalue weighted by Crippen LogP contribution is -2.35. The smallest absolute Gasteiger partial charge is 0.249 e. The molecule has 1 aromatic heterocycles. The molecule has 0 aromatic carbocycles. The van der Waals surface area contributed by atoms with Gasteiger partial charge in [0.1, 0.15) is 6.10 Å². The summed E-state index contributed by atoms with van der Waals surface area (Å²) < 4.78 is 6.44. The number of amides is 1. The van der Waals surface area contributed by atoms with Crippen LogP contribution in [0.4, 0.5) is 0 Å². The van der Waals surface area contributed by atoms with Crippen molar-refractivity contribution in [2.45, 2.75) is 25.4 Å². The van der Waals surface area contributed by atoms with E-state index in [0.717, 1.165) is 29.7 Å². The third-order valence-electron chi connectivity index (χ3n) is 2.52. The van der Waals surface area contributed by atoms with Gasteiger partial charge in [-0.3, -0.25) is 4.79 Å². The van der Waals surface area contributed by atoms with Crippen LogP contribution < -0.4 is 5.32 Å². The molecule has 16 heavy (non-hydrogen) atoms. The van der Waals surface area contributed by atoms with E-state index >= 15 is 0 Å². The number of carbonyl (C=O) groups excluding carboxylic acids is 1. The Kier molecular flexibility index (Phi) is 4.37. The van der Waals surface area contributed by atoms with E-state index in [1.54, 1.807) is 11.3 Å². The molecule has 1 aromatic rings. The number of rotatable bonds is 4. The van der Waals surface area contributed by atoms with Crippen molar-refractivity contribution in [3.8, 4) is 0 Å². The van der Waals surface area contributed by atoms with Crippen molar-refractivity contribution >= 4 is 33.2 Å². The fourth-order valence-electron chi connectivity index (χ4n) is 1.69. The summed E-state index contributed by atoms with van der Waals surface area (Å²) in [4.78, 5) is 12.9. The van der Waals surface area contributed by atoms with Crippen LogP contribution in [0.5, 0.6) is 0 Å². The zero-order valence-corrected chi connectivity index (χ0v) is 11.3. The molecule has 1 saturated heterocycles. The van der Waals surface area contributed by atoms with Gasteiger partial charge < -0.3 is 10.1 Å². The van der Waals surface area contributed by atoms with E-state index in [1.807, 2.05) is 6.07 Å². The molecule has 1 unspecified atom stereocenters. The molecule has 5 heteroatoms. The highest BCUT2D eigenvalue weighted by molar-refractivity contribution is 9.11. The van der Waals surface area contributed by atoms with Gasteiger partial charge in [-0.05, 0) is 47.3 Å². The lowest BCUT2D eigenvalue weighted by Gasteiger charge is -2.09. The number of hydrogen-bond acceptors (Lipinski definition) is 3. The average Bonchev–Trinajstić information content (AvgIpc) is 2.89. The molecule has 1 aliphatic rings. The maximum absolute atomic E-state index is 11.6. The summed E-state index contributed by atoms with van der Waals surface area (Å²) >= 11 is 5.12. The normalized spacial score (nSPS) is 19.9. The van der Waals surface area contributed by atoms with E-state index in [9.17, 15) is 4.79 Å². The molecule has 0 radical (unpaired) electrons. The molecule has 0 aliphatic carbocycles. The van der Waals surface area contributed by atoms with Crippen molar-refractivity contribution in [1.29, 1.82) is 0 Å². The maximum atomic E-state index is 11.6. The van der Waals surface area contributed by atoms with Gasteiger partial charge in [-0.15, -0.1) is 11.3 Å². The second-order valence-corrected chi connectivity index (χ2v) is 6.30. The molecule has 0 saturated carbocycles. The van der Waals surface area contributed by atoms with Crippen molar-refractivity contribution in [3.05, 3.63) is 20.8 Å². The molecule has 1 aliphatic heterocycles. The monoisotopic (exact) mass is 303 g/mol. The van der Waals surface area contributed by atoms with Gasteiger partial charge in [-0.25, -0.2) is 0 Å². The Morgan fingerprint density at radius 3 is 3.12 bits per heavy atom. The lowest BCUT2D eigenvalue weighted by atomic mass is 10.2. The van der Waals surface area contributed by atoms with Crippen molar-refractivity contribution < 1.29 is 9.53 Å². The summed E-state index contributed by atoms with van der Waals surface area (Å²) in [6.07, 6.45) is 2.52. The first-order valence-corrected chi connectivity index (χ1v) is 7.00. The van der Waals surface area contributed by atoms with Crippen LogP contribution in [0.3, 0.4) is 0 Å². The van der Waals surface area contributed by atoms with E-state index in [-0.39, 0.29) is 12.0 Å². The highest BCUT2D eigenvalue weighted by Crippen LogP contribution is 2.22. The van der Waals surface area contributed by atoms with Crippen LogP contribution in [-0.4, -0.2) is 25.2 Å². The van der Waals surface area contributed by atoms with Crippen LogP contribution in [0.1, 0.15) is 17.7 Å². The Balaban J connectivity index is 1.69. The van der Waals surface area contributed by atoms with E-state index in [4.69, 9.17) is 4.74 Å². The minimum absolute atomic E-state index is 0.0353. The zero-order chi connectivity index (χ0) is 11.4. The van der Waals surface area contributed by atoms with Crippen molar-refractivity contribution in [2.24, 2.45) is 0 Å². The summed E-state index contributed by atoms with van der Waals surface area (Å²) in [5.74, 6) is 0.0353. The van der Waals surface area contributed by atoms with Gasteiger partial charge in [-0.1, -0.05) is 0 Å². The molecule has 0 bridgehead atoms. The Bertz CT molecular complexity index is 361. The van der Waals surface area contributed by atoms with E-state index in [1.165, 1.54) is 4.88 Å². The van der Waals surface area contributed by atoms with Crippen LogP contribution in [0.2, 0.25) is 0 Å². The minimum Gasteiger partial charge on any atom is -0.368 e. The Labute approximate surface area is 107 Å². The van der Waals surface area contributed by atoms with Gasteiger partial charge in [-0.2, -0.15) is 0 Å². The SMILES string of the molecule is O=C(NCCc1ccc(Br)s1)C1CCCO1. The molecule has 1 amide bonds. The summed E-state index contributed by atoms with van der Waals surface area (Å²) in [5, 5.41) is 2.91. The van der Waals surface area contributed by atoms with E-state index < -0.39 is 0 Å². The molecule has 1 fully saturated rings. The van der Waals surface area contributed by atoms with Crippen LogP contribution >= 0.6 is 27.3 Å². The largest absolute Gasteiger partial charge is 0.368 e. The topological polar surface area (TPSA) is 38.3 Å². The first kappa shape index (κ1) is 12.1. The predicted octanol–water partition coefficient (Wildman–Crippen LogP) is 2.35. The summed E-state index contributed by atoms with van der Waals surface area (Å²) in [6.45, 7) is 1.40. The molecule has 2 heterocycles. The number of nitrogens with one attached hydrogen (secondary N) is 1. The second kappa shape index (κ2) is 5.80. The van der Waals surface area contributed by atoms with Crippen LogP contribution in [0.15, 0.2) is 15.9 Å². The van der Waals surface area contributed by atoms with Crippen LogP contribution in [-0.2, 0) is 16.0 Å². The fraction of sp³-hybridized carbons (Fsp3) is 0.545. The maximum Gasteiger partial charge on any atom is 0.249 e. The number of ether oxygens (including phenoxy) is 1. The summed E-state index contributed by atoms with van der Waals surface area (Å²) in [5.41, 5.74) is 0. The van der Waals surface area contributed by atoms with Crippen molar-refractivity contribution in [2.75, 3.05) is 13.2 Å². The van der Waals surface area contributed by atoms with E-state index in [2.05, 4.69) is 27.3 Å². The standard InChI is InChI=1S/C11H14BrNO2S/c12-10-4-3-8(16-10)5-6-13-11(14)9-2-1-7-15-9/h3-4,9H,1-2,5-7H2,(H,13,14). The van der Waals surface area contributed by atoms with E-state index in [0.29, 0.717) is 6.54 Å². The molecule has 1 atom stereocenters. The first-order chi connectivity index (χ1) is 7.75. The quantitative estimate of drug-likeness (QED) is 0.927. The van der Waals surface area contributed by atoms with Crippen LogP contribution in [0.25, 0.3) is 0 Å². The number of thiophene rings is 1. The minimum atomic E-state index is -0.213. The van der Waals surface area contributed by atoms with Gasteiger partial charge in [0.05, 0.1) is 3.79 Å². The Hall–Kier alpha value is -0.390. The summed E-state index contributed by atoms with van der Waals surface area (Å²) in [6, 6.07) is 4.11. The van der Waals surface area contributed by atoms with Gasteiger partial charge in [0.15, 0.2) is 0 Å². The van der Waals surface area contributed by atoms with Crippen LogP contribution in [0, 0.1) is 0 Å². The molecular formula is C11H14BrNO2S. The number of halogens is 1. The molecule has 3 nitrogen and oxygen atoms in total. The van der Waals surface area contributed by atoms with Crippen molar-refractivity contribution in [3.63, 3.8) is 0 Å². The van der Waals surface area contributed by atoms with Gasteiger partial charge in [0.25, 0.3) is 0 Å². The average molecular weight is 304 g/mol. The highest BCUT2D eigenvalue weighted by atomic mass is 79.9. The Morgan fingerprint density at radius 1 is 1.62 bits per heavy atom. The molecule has 0 spiro atoms. The fourth-order valence-corrected chi connectivity index (χ4v) is 3.18. The summed E-state index contributed by atoms with van der Waals surface area (Å²) in [7, 11) is 0. The molecular weight excluding hydrogens is 290 g/mol. The molecule has 1 N–H and O–H groups in total. The lowest BCUT2D eigenvalue weighted by molar-refractivity contribution is -0.129. The molecule has 2 rings (SSSR count). The highest BCUT2D eigenvalue weighted by Gasteiger charge is 2.22. The molecule has 88 valence electrons. The predicted molar refractivity (Wildman–Crippen MR) is 67.7 cm³/mol. The first-order valence-electron chi connectivity index (χ1n) is 5.39. The van der Waals surface area contributed by atoms with Crippen molar-refractivity contribution in [1.82, 2.24) is 5.32 Å². The number of hydrogen-bond donors (Lipinski definition) is 1. The van der Waals surface area contributed by atoms with Gasteiger partial charge >= 0.3 is 0 Å². The number of carbonyl (C=O) groups is 1. The second-order valence-electron chi connectivity index (χ2n) is 3.75. The Morgan fingerprint density at radius 2 is 2.50 bits per heavy atom. The van der Waals surface area contributed by atoms with Gasteiger partial charge in [0, 0.05) is 18.0 Å². The third kappa shape index (κ3) is 3.30. The zero-order valence-electron chi connectivity index (χ0n) is 8.87. The van der Waals surface area contributed by atoms with Gasteiger partial charge in [0.2, 0.25) is 5.91 Å². The third-order valence-corrected chi connectivity index (χ3v) is 4.21.